The average molecular weight is 547 g/mol. The van der Waals surface area contributed by atoms with E-state index >= 15 is 0 Å². The minimum Gasteiger partial charge on any atom is -0.347 e. The minimum atomic E-state index is -2.60. The monoisotopic (exact) mass is 546 g/mol. The normalized spacial score (nSPS) is 18.9. The van der Waals surface area contributed by atoms with Gasteiger partial charge in [-0.2, -0.15) is 0 Å². The lowest BCUT2D eigenvalue weighted by molar-refractivity contribution is 0.823. The Morgan fingerprint density at radius 1 is 0.575 bits per heavy atom. The molecule has 2 aliphatic heterocycles. The van der Waals surface area contributed by atoms with Crippen molar-refractivity contribution in [3.05, 3.63) is 124 Å². The van der Waals surface area contributed by atoms with Crippen molar-refractivity contribution in [1.29, 1.82) is 0 Å². The van der Waals surface area contributed by atoms with Crippen LogP contribution in [0.25, 0.3) is 5.20 Å². The number of hydrogen-bond donors (Lipinski definition) is 0. The van der Waals surface area contributed by atoms with E-state index in [1.807, 2.05) is 0 Å². The summed E-state index contributed by atoms with van der Waals surface area (Å²) in [6.07, 6.45) is 2.33. The molecule has 3 heteroatoms. The number of anilines is 2. The van der Waals surface area contributed by atoms with Crippen molar-refractivity contribution < 1.29 is 0 Å². The highest BCUT2D eigenvalue weighted by Crippen LogP contribution is 2.57. The fourth-order valence-corrected chi connectivity index (χ4v) is 11.3. The fraction of sp³-hybridized carbons (Fsp3) is 0.351. The zero-order chi connectivity index (χ0) is 28.9. The molecule has 40 heavy (non-hydrogen) atoms. The molecule has 0 saturated heterocycles. The Morgan fingerprint density at radius 2 is 1.00 bits per heavy atom. The van der Waals surface area contributed by atoms with Gasteiger partial charge in [-0.05, 0) is 75.4 Å². The van der Waals surface area contributed by atoms with Gasteiger partial charge < -0.3 is 9.13 Å². The highest BCUT2D eigenvalue weighted by molar-refractivity contribution is 7.17. The molecule has 0 aromatic heterocycles. The second-order valence-electron chi connectivity index (χ2n) is 12.8. The third-order valence-electron chi connectivity index (χ3n) is 8.57. The lowest BCUT2D eigenvalue weighted by atomic mass is 9.92. The lowest BCUT2D eigenvalue weighted by Gasteiger charge is -2.50. The van der Waals surface area contributed by atoms with E-state index in [0.29, 0.717) is 23.7 Å². The molecule has 208 valence electrons. The first-order valence-electron chi connectivity index (χ1n) is 15.0. The highest BCUT2D eigenvalue weighted by Gasteiger charge is 2.63. The van der Waals surface area contributed by atoms with Gasteiger partial charge in [0.15, 0.2) is 0 Å². The summed E-state index contributed by atoms with van der Waals surface area (Å²) in [5, 5.41) is 1.48. The maximum atomic E-state index is 4.75. The first-order valence-corrected chi connectivity index (χ1v) is 17.0. The molecule has 0 amide bonds. The molecule has 0 fully saturated rings. The van der Waals surface area contributed by atoms with Gasteiger partial charge in [0.05, 0.1) is 0 Å². The Balaban J connectivity index is 1.87. The van der Waals surface area contributed by atoms with E-state index in [2.05, 4.69) is 150 Å². The smallest absolute Gasteiger partial charge is 0.332 e. The molecule has 0 N–H and O–H groups in total. The van der Waals surface area contributed by atoms with Crippen LogP contribution in [-0.4, -0.2) is 8.40 Å². The van der Waals surface area contributed by atoms with Crippen LogP contribution < -0.4 is 9.13 Å². The molecular weight excluding hydrogens is 501 g/mol. The van der Waals surface area contributed by atoms with E-state index in [4.69, 9.17) is 6.58 Å². The van der Waals surface area contributed by atoms with Crippen LogP contribution in [0.5, 0.6) is 0 Å². The molecule has 0 bridgehead atoms. The van der Waals surface area contributed by atoms with Crippen LogP contribution >= 0.6 is 0 Å². The van der Waals surface area contributed by atoms with Gasteiger partial charge in [0.1, 0.15) is 0 Å². The summed E-state index contributed by atoms with van der Waals surface area (Å²) in [5.41, 5.74) is 14.8. The number of para-hydroxylation sites is 2. The minimum absolute atomic E-state index is 0.404. The van der Waals surface area contributed by atoms with E-state index in [9.17, 15) is 0 Å². The topological polar surface area (TPSA) is 6.48 Å². The lowest BCUT2D eigenvalue weighted by Crippen LogP contribution is -2.61. The molecule has 3 aromatic rings. The Bertz CT molecular complexity index is 1440. The van der Waals surface area contributed by atoms with Gasteiger partial charge in [-0.3, -0.25) is 0 Å². The van der Waals surface area contributed by atoms with Gasteiger partial charge in [0.25, 0.3) is 0 Å². The summed E-state index contributed by atoms with van der Waals surface area (Å²) in [5.74, 6) is 1.64. The van der Waals surface area contributed by atoms with Crippen LogP contribution in [0.2, 0.25) is 0 Å². The third kappa shape index (κ3) is 4.49. The van der Waals surface area contributed by atoms with Crippen LogP contribution in [0.15, 0.2) is 96.5 Å². The van der Waals surface area contributed by atoms with E-state index < -0.39 is 8.40 Å². The first-order chi connectivity index (χ1) is 19.0. The van der Waals surface area contributed by atoms with E-state index in [1.54, 1.807) is 0 Å². The number of nitrogens with zero attached hydrogens (tertiary/aromatic N) is 2. The van der Waals surface area contributed by atoms with Crippen LogP contribution in [0, 0.1) is 0 Å². The molecule has 0 saturated carbocycles. The summed E-state index contributed by atoms with van der Waals surface area (Å²) < 4.78 is 5.48. The average Bonchev–Trinajstić information content (AvgIpc) is 3.63. The van der Waals surface area contributed by atoms with Gasteiger partial charge in [-0.25, -0.2) is 0 Å². The molecular formula is C37H46N2Si. The van der Waals surface area contributed by atoms with E-state index in [1.165, 1.54) is 50.1 Å². The molecule has 1 unspecified atom stereocenters. The second-order valence-corrected chi connectivity index (χ2v) is 16.0. The molecule has 0 aliphatic carbocycles. The fourth-order valence-electron chi connectivity index (χ4n) is 6.61. The van der Waals surface area contributed by atoms with Crippen LogP contribution in [0.3, 0.4) is 0 Å². The predicted molar refractivity (Wildman–Crippen MR) is 177 cm³/mol. The quantitative estimate of drug-likeness (QED) is 0.272. The van der Waals surface area contributed by atoms with Gasteiger partial charge in [0.2, 0.25) is 0 Å². The summed E-state index contributed by atoms with van der Waals surface area (Å²) in [6.45, 7) is 25.7. The number of benzene rings is 3. The van der Waals surface area contributed by atoms with Gasteiger partial charge >= 0.3 is 8.40 Å². The van der Waals surface area contributed by atoms with Crippen LogP contribution in [-0.2, 0) is 0 Å². The molecule has 2 heterocycles. The van der Waals surface area contributed by atoms with Crippen molar-refractivity contribution in [3.8, 4) is 0 Å². The summed E-state index contributed by atoms with van der Waals surface area (Å²) in [6, 6.07) is 24.9. The van der Waals surface area contributed by atoms with Crippen molar-refractivity contribution in [2.75, 3.05) is 9.13 Å². The molecule has 1 atom stereocenters. The zero-order valence-electron chi connectivity index (χ0n) is 25.9. The second kappa shape index (κ2) is 10.6. The summed E-state index contributed by atoms with van der Waals surface area (Å²) >= 11 is 0. The SMILES string of the molecule is C=C1C=C(C)N(c2c(C(C)C)cccc2C(C)C)[Si]2(C=C2c2ccccc2)N1c1c(C(C)C)cccc1C(C)C. The molecule has 2 aliphatic rings. The Hall–Kier alpha value is -3.30. The predicted octanol–water partition coefficient (Wildman–Crippen LogP) is 10.5. The number of allylic oxidation sites excluding steroid dienone is 2. The standard InChI is InChI=1S/C37H46N2Si/c1-24(2)31-18-14-19-32(25(3)4)36(31)38-28(9)22-29(10)39(40(38)23-35(40)30-16-12-11-13-17-30)37-33(26(5)6)20-15-21-34(37)27(7)8/h11-27H,9H2,1-8,10H3. The largest absolute Gasteiger partial charge is 0.347 e. The van der Waals surface area contributed by atoms with E-state index in [0.717, 1.165) is 5.70 Å². The Labute approximate surface area is 243 Å². The number of rotatable bonds is 7. The Kier molecular flexibility index (Phi) is 7.48. The third-order valence-corrected chi connectivity index (χ3v) is 12.6. The molecule has 5 rings (SSSR count). The van der Waals surface area contributed by atoms with Crippen LogP contribution in [0.4, 0.5) is 11.4 Å². The van der Waals surface area contributed by atoms with Gasteiger partial charge in [0, 0.05) is 22.8 Å². The molecule has 2 nitrogen and oxygen atoms in total. The molecule has 3 aromatic carbocycles. The van der Waals surface area contributed by atoms with Crippen molar-refractivity contribution in [2.45, 2.75) is 86.0 Å². The maximum Gasteiger partial charge on any atom is 0.332 e. The summed E-state index contributed by atoms with van der Waals surface area (Å²) in [7, 11) is -2.60. The van der Waals surface area contributed by atoms with Crippen molar-refractivity contribution in [3.63, 3.8) is 0 Å². The van der Waals surface area contributed by atoms with Crippen molar-refractivity contribution in [2.24, 2.45) is 0 Å². The molecule has 0 radical (unpaired) electrons. The van der Waals surface area contributed by atoms with Crippen LogP contribution in [0.1, 0.15) is 114 Å². The highest BCUT2D eigenvalue weighted by atomic mass is 28.4. The molecule has 1 spiro atoms. The number of hydrogen-bond acceptors (Lipinski definition) is 2. The zero-order valence-corrected chi connectivity index (χ0v) is 26.9. The maximum absolute atomic E-state index is 4.75. The van der Waals surface area contributed by atoms with Gasteiger partial charge in [-0.1, -0.05) is 129 Å². The van der Waals surface area contributed by atoms with E-state index in [-0.39, 0.29) is 0 Å². The van der Waals surface area contributed by atoms with Crippen molar-refractivity contribution in [1.82, 2.24) is 0 Å². The first kappa shape index (κ1) is 28.2. The van der Waals surface area contributed by atoms with Crippen molar-refractivity contribution >= 4 is 25.0 Å². The summed E-state index contributed by atoms with van der Waals surface area (Å²) in [4.78, 5) is 0. The Morgan fingerprint density at radius 3 is 1.43 bits per heavy atom. The van der Waals surface area contributed by atoms with Gasteiger partial charge in [-0.15, -0.1) is 0 Å².